The normalized spacial score (nSPS) is 20.3. The maximum atomic E-state index is 13.5. The summed E-state index contributed by atoms with van der Waals surface area (Å²) in [6, 6.07) is 36.5. The first kappa shape index (κ1) is 61.9. The summed E-state index contributed by atoms with van der Waals surface area (Å²) >= 11 is 0. The Morgan fingerprint density at radius 3 is 2.08 bits per heavy atom. The summed E-state index contributed by atoms with van der Waals surface area (Å²) in [5, 5.41) is 54.2. The molecule has 3 amide bonds. The zero-order chi connectivity index (χ0) is 58.3. The molecule has 0 saturated carbocycles. The van der Waals surface area contributed by atoms with Gasteiger partial charge in [-0.2, -0.15) is 0 Å². The summed E-state index contributed by atoms with van der Waals surface area (Å²) in [4.78, 5) is 41.8. The Morgan fingerprint density at radius 1 is 0.711 bits per heavy atom. The summed E-state index contributed by atoms with van der Waals surface area (Å²) in [6.07, 6.45) is 10.4. The average molecular weight is 1150 g/mol. The van der Waals surface area contributed by atoms with Gasteiger partial charge in [0.05, 0.1) is 17.9 Å². The molecule has 14 nitrogen and oxygen atoms in total. The number of nitrogens with zero attached hydrogens (tertiary/aromatic N) is 2. The molecular formula is C68H80ClN5O9. The van der Waals surface area contributed by atoms with Crippen molar-refractivity contribution < 1.29 is 61.3 Å². The van der Waals surface area contributed by atoms with Crippen LogP contribution in [0.25, 0.3) is 32.7 Å². The molecule has 0 bridgehead atoms. The van der Waals surface area contributed by atoms with Gasteiger partial charge < -0.3 is 63.2 Å². The fourth-order valence-electron chi connectivity index (χ4n) is 11.9. The van der Waals surface area contributed by atoms with Gasteiger partial charge in [0.25, 0.3) is 11.8 Å². The number of aliphatic hydroxyl groups excluding tert-OH is 4. The molecule has 1 saturated heterocycles. The lowest BCUT2D eigenvalue weighted by molar-refractivity contribution is -0.577. The molecule has 6 aromatic rings. The Labute approximate surface area is 494 Å². The first-order valence-electron chi connectivity index (χ1n) is 28.9. The lowest BCUT2D eigenvalue weighted by atomic mass is 9.83. The predicted octanol–water partition coefficient (Wildman–Crippen LogP) is 6.65. The number of allylic oxidation sites excluding steroid dienone is 6. The first-order chi connectivity index (χ1) is 39.4. The van der Waals surface area contributed by atoms with Gasteiger partial charge in [-0.15, -0.1) is 0 Å². The SMILES string of the molecule is CNC(=O)c1cc(C(=O)NCCCCCCNC(=O)CCCCCN2C(=CC=CC=CC3=[N+](C)C(C)(C)c4c3ccc3ccccc43)C(C)(C)c3ccc4ccccc4c32)cc(-c2ccc(OC3OC(CO)C(O)C(O)C3O)c(C)c2)c1.[Cl-]. The lowest BCUT2D eigenvalue weighted by Gasteiger charge is -2.39. The summed E-state index contributed by atoms with van der Waals surface area (Å²) in [5.74, 6) is -0.267. The number of unbranched alkanes of at least 4 members (excludes halogenated alkanes) is 5. The number of nitrogens with one attached hydrogen (secondary N) is 3. The van der Waals surface area contributed by atoms with Gasteiger partial charge in [0, 0.05) is 86.2 Å². The summed E-state index contributed by atoms with van der Waals surface area (Å²) in [5.41, 5.74) is 9.95. The molecule has 0 aliphatic carbocycles. The molecule has 1 fully saturated rings. The second kappa shape index (κ2) is 27.0. The maximum Gasteiger partial charge on any atom is 0.251 e. The lowest BCUT2D eigenvalue weighted by Crippen LogP contribution is -3.00. The van der Waals surface area contributed by atoms with Crippen molar-refractivity contribution in [2.75, 3.05) is 45.2 Å². The molecule has 438 valence electrons. The minimum atomic E-state index is -1.58. The standard InChI is InChI=1S/C68H79N5O9.ClH/c1-43-38-46(31-34-55(43)81-66-63(78)62(77)61(76)56(42-74)82-66)47-39-48(64(79)69-6)41-49(40-47)65(80)71-36-20-9-8-19-35-70-58(75)28-14-11-21-37-73-57(67(2,3)53-33-30-45-23-16-18-25-51(45)60(53)73)27-13-10-12-26-54-52-32-29-44-22-15-17-24-50(44)59(52)68(4,5)72(54)7;/h10,12-13,15-18,22-27,29-34,38-41,56,61-63,66,74,76-78H,8-9,11,14,19-21,28,35-37,42H2,1-7H3,(H2-,69,70,71,75,79,80);1H. The van der Waals surface area contributed by atoms with Crippen LogP contribution in [0.2, 0.25) is 0 Å². The van der Waals surface area contributed by atoms with Crippen molar-refractivity contribution in [1.29, 1.82) is 0 Å². The van der Waals surface area contributed by atoms with E-state index in [1.54, 1.807) is 43.3 Å². The number of carbonyl (C=O) groups excluding carboxylic acids is 3. The molecule has 3 heterocycles. The van der Waals surface area contributed by atoms with E-state index in [2.05, 4.69) is 163 Å². The molecule has 83 heavy (non-hydrogen) atoms. The second-order valence-corrected chi connectivity index (χ2v) is 23.0. The van der Waals surface area contributed by atoms with E-state index in [9.17, 15) is 34.8 Å². The van der Waals surface area contributed by atoms with Crippen LogP contribution < -0.4 is 38.0 Å². The van der Waals surface area contributed by atoms with Crippen molar-refractivity contribution in [3.63, 3.8) is 0 Å². The monoisotopic (exact) mass is 1150 g/mol. The number of hydrogen-bond acceptors (Lipinski definition) is 10. The zero-order valence-electron chi connectivity index (χ0n) is 48.8. The van der Waals surface area contributed by atoms with Gasteiger partial charge in [0.2, 0.25) is 17.9 Å². The van der Waals surface area contributed by atoms with Crippen LogP contribution in [0, 0.1) is 6.92 Å². The Kier molecular flexibility index (Phi) is 20.2. The van der Waals surface area contributed by atoms with E-state index < -0.39 is 37.3 Å². The van der Waals surface area contributed by atoms with E-state index in [-0.39, 0.29) is 41.1 Å². The second-order valence-electron chi connectivity index (χ2n) is 23.0. The molecule has 5 unspecified atom stereocenters. The third-order valence-corrected chi connectivity index (χ3v) is 16.8. The molecule has 3 aliphatic heterocycles. The Morgan fingerprint density at radius 2 is 1.37 bits per heavy atom. The van der Waals surface area contributed by atoms with E-state index in [1.807, 2.05) is 0 Å². The van der Waals surface area contributed by atoms with Gasteiger partial charge >= 0.3 is 0 Å². The van der Waals surface area contributed by atoms with E-state index in [1.165, 1.54) is 62.4 Å². The van der Waals surface area contributed by atoms with Gasteiger partial charge in [-0.1, -0.05) is 124 Å². The third kappa shape index (κ3) is 13.3. The number of anilines is 1. The minimum Gasteiger partial charge on any atom is -1.00 e. The number of ether oxygens (including phenoxy) is 2. The van der Waals surface area contributed by atoms with Crippen LogP contribution in [-0.4, -0.2) is 119 Å². The Bertz CT molecular complexity index is 3470. The minimum absolute atomic E-state index is 0. The Hall–Kier alpha value is -7.17. The summed E-state index contributed by atoms with van der Waals surface area (Å²) < 4.78 is 13.8. The van der Waals surface area contributed by atoms with Crippen LogP contribution in [0.4, 0.5) is 5.69 Å². The molecule has 0 aromatic heterocycles. The highest BCUT2D eigenvalue weighted by Crippen LogP contribution is 2.51. The van der Waals surface area contributed by atoms with Crippen molar-refractivity contribution in [2.24, 2.45) is 0 Å². The van der Waals surface area contributed by atoms with Crippen LogP contribution in [0.15, 0.2) is 145 Å². The van der Waals surface area contributed by atoms with Crippen molar-refractivity contribution in [3.8, 4) is 16.9 Å². The number of benzene rings is 6. The van der Waals surface area contributed by atoms with Gasteiger partial charge in [-0.3, -0.25) is 14.4 Å². The van der Waals surface area contributed by atoms with Crippen LogP contribution in [0.5, 0.6) is 5.75 Å². The van der Waals surface area contributed by atoms with Crippen LogP contribution in [-0.2, 0) is 20.5 Å². The molecule has 15 heteroatoms. The molecule has 0 radical (unpaired) electrons. The van der Waals surface area contributed by atoms with Crippen LogP contribution in [0.3, 0.4) is 0 Å². The topological polar surface area (TPSA) is 193 Å². The number of fused-ring (bicyclic) bond motifs is 6. The molecule has 7 N–H and O–H groups in total. The summed E-state index contributed by atoms with van der Waals surface area (Å²) in [7, 11) is 3.71. The molecule has 9 rings (SSSR count). The van der Waals surface area contributed by atoms with Crippen LogP contribution >= 0.6 is 0 Å². The highest BCUT2D eigenvalue weighted by Gasteiger charge is 2.46. The quantitative estimate of drug-likeness (QED) is 0.0220. The first-order valence-corrected chi connectivity index (χ1v) is 28.9. The zero-order valence-corrected chi connectivity index (χ0v) is 49.5. The fourth-order valence-corrected chi connectivity index (χ4v) is 11.9. The number of amides is 3. The third-order valence-electron chi connectivity index (χ3n) is 16.8. The van der Waals surface area contributed by atoms with E-state index in [0.717, 1.165) is 51.5 Å². The smallest absolute Gasteiger partial charge is 0.251 e. The molecule has 3 aliphatic rings. The number of aliphatic hydroxyl groups is 4. The number of hydrogen-bond donors (Lipinski definition) is 7. The highest BCUT2D eigenvalue weighted by atomic mass is 35.5. The van der Waals surface area contributed by atoms with Crippen molar-refractivity contribution in [2.45, 2.75) is 128 Å². The number of halogens is 1. The molecule has 5 atom stereocenters. The van der Waals surface area contributed by atoms with Gasteiger partial charge in [-0.25, -0.2) is 4.58 Å². The van der Waals surface area contributed by atoms with Gasteiger partial charge in [0.1, 0.15) is 37.2 Å². The maximum absolute atomic E-state index is 13.5. The van der Waals surface area contributed by atoms with E-state index in [4.69, 9.17) is 9.47 Å². The van der Waals surface area contributed by atoms with Crippen molar-refractivity contribution >= 4 is 50.7 Å². The molecular weight excluding hydrogens is 1070 g/mol. The van der Waals surface area contributed by atoms with Crippen molar-refractivity contribution in [3.05, 3.63) is 179 Å². The van der Waals surface area contributed by atoms with Gasteiger partial charge in [-0.05, 0) is 113 Å². The van der Waals surface area contributed by atoms with E-state index in [0.29, 0.717) is 53.1 Å². The van der Waals surface area contributed by atoms with E-state index >= 15 is 0 Å². The van der Waals surface area contributed by atoms with Crippen molar-refractivity contribution in [1.82, 2.24) is 16.0 Å². The Balaban J connectivity index is 0.00000900. The fraction of sp³-hybridized carbons (Fsp3) is 0.382. The number of carbonyl (C=O) groups is 3. The largest absolute Gasteiger partial charge is 1.00 e. The van der Waals surface area contributed by atoms with Crippen LogP contribution in [0.1, 0.15) is 122 Å². The average Bonchev–Trinajstić information content (AvgIpc) is 2.54. The summed E-state index contributed by atoms with van der Waals surface area (Å²) in [6.45, 7) is 12.3. The van der Waals surface area contributed by atoms with Gasteiger partial charge in [0.15, 0.2) is 5.54 Å². The number of rotatable bonds is 22. The molecule has 0 spiro atoms. The predicted molar refractivity (Wildman–Crippen MR) is 325 cm³/mol. The molecule has 6 aromatic carbocycles. The highest BCUT2D eigenvalue weighted by molar-refractivity contribution is 6.11. The number of aryl methyl sites for hydroxylation is 1.